The molecule has 0 saturated heterocycles. The van der Waals surface area contributed by atoms with Gasteiger partial charge < -0.3 is 24.6 Å². The van der Waals surface area contributed by atoms with Crippen molar-refractivity contribution in [2.24, 2.45) is 0 Å². The van der Waals surface area contributed by atoms with E-state index in [-0.39, 0.29) is 25.6 Å². The number of allylic oxidation sites excluding steroid dienone is 2. The summed E-state index contributed by atoms with van der Waals surface area (Å²) in [5, 5.41) is 18.3. The molecule has 10 heteroatoms. The van der Waals surface area contributed by atoms with E-state index in [0.717, 1.165) is 32.1 Å². The number of carbonyl (C=O) groups excluding carboxylic acids is 1. The lowest BCUT2D eigenvalue weighted by Gasteiger charge is -2.20. The molecular formula is C43H85O9P. The van der Waals surface area contributed by atoms with E-state index in [1.807, 2.05) is 0 Å². The first-order valence-corrected chi connectivity index (χ1v) is 23.7. The van der Waals surface area contributed by atoms with E-state index in [1.165, 1.54) is 161 Å². The summed E-state index contributed by atoms with van der Waals surface area (Å²) in [7, 11) is -4.51. The molecule has 0 radical (unpaired) electrons. The molecule has 3 atom stereocenters. The predicted molar refractivity (Wildman–Crippen MR) is 219 cm³/mol. The molecule has 0 saturated carbocycles. The van der Waals surface area contributed by atoms with Crippen LogP contribution in [-0.4, -0.2) is 66.3 Å². The highest BCUT2D eigenvalue weighted by atomic mass is 31.2. The molecule has 0 aliphatic carbocycles. The summed E-state index contributed by atoms with van der Waals surface area (Å²) in [6.07, 6.45) is 40.4. The Morgan fingerprint density at radius 1 is 0.566 bits per heavy atom. The second-order valence-electron chi connectivity index (χ2n) is 15.1. The summed E-state index contributed by atoms with van der Waals surface area (Å²) in [6, 6.07) is 0. The van der Waals surface area contributed by atoms with Gasteiger partial charge in [-0.15, -0.1) is 0 Å². The van der Waals surface area contributed by atoms with Crippen molar-refractivity contribution in [3.63, 3.8) is 0 Å². The van der Waals surface area contributed by atoms with Crippen LogP contribution < -0.4 is 0 Å². The molecule has 0 aliphatic heterocycles. The van der Waals surface area contributed by atoms with Crippen molar-refractivity contribution in [2.45, 2.75) is 225 Å². The monoisotopic (exact) mass is 777 g/mol. The van der Waals surface area contributed by atoms with E-state index >= 15 is 0 Å². The first kappa shape index (κ1) is 52.2. The van der Waals surface area contributed by atoms with Gasteiger partial charge in [-0.25, -0.2) is 4.57 Å². The van der Waals surface area contributed by atoms with Crippen LogP contribution >= 0.6 is 7.82 Å². The number of hydrogen-bond acceptors (Lipinski definition) is 8. The molecule has 0 heterocycles. The third-order valence-electron chi connectivity index (χ3n) is 9.70. The molecule has 0 aromatic carbocycles. The Labute approximate surface area is 326 Å². The Morgan fingerprint density at radius 3 is 1.42 bits per heavy atom. The van der Waals surface area contributed by atoms with Gasteiger partial charge in [0.2, 0.25) is 0 Å². The van der Waals surface area contributed by atoms with Crippen molar-refractivity contribution < 1.29 is 43.0 Å². The molecule has 0 aliphatic rings. The van der Waals surface area contributed by atoms with Crippen LogP contribution in [0, 0.1) is 0 Å². The number of rotatable bonds is 43. The van der Waals surface area contributed by atoms with Gasteiger partial charge in [0.15, 0.2) is 0 Å². The van der Waals surface area contributed by atoms with Gasteiger partial charge in [0, 0.05) is 13.0 Å². The highest BCUT2D eigenvalue weighted by molar-refractivity contribution is 7.47. The quantitative estimate of drug-likeness (QED) is 0.0240. The zero-order valence-electron chi connectivity index (χ0n) is 34.5. The Kier molecular flexibility index (Phi) is 40.2. The van der Waals surface area contributed by atoms with Gasteiger partial charge in [-0.3, -0.25) is 13.8 Å². The van der Waals surface area contributed by atoms with Crippen LogP contribution in [0.15, 0.2) is 12.2 Å². The van der Waals surface area contributed by atoms with E-state index in [0.29, 0.717) is 6.61 Å². The minimum atomic E-state index is -4.51. The molecule has 9 nitrogen and oxygen atoms in total. The lowest BCUT2D eigenvalue weighted by molar-refractivity contribution is -0.154. The van der Waals surface area contributed by atoms with Crippen molar-refractivity contribution in [2.75, 3.05) is 33.0 Å². The molecule has 0 aromatic rings. The first-order chi connectivity index (χ1) is 25.8. The number of esters is 1. The average molecular weight is 777 g/mol. The van der Waals surface area contributed by atoms with Crippen molar-refractivity contribution in [3.05, 3.63) is 12.2 Å². The van der Waals surface area contributed by atoms with Crippen LogP contribution in [0.3, 0.4) is 0 Å². The minimum Gasteiger partial charge on any atom is -0.457 e. The Bertz CT molecular complexity index is 841. The second kappa shape index (κ2) is 40.9. The second-order valence-corrected chi connectivity index (χ2v) is 16.5. The predicted octanol–water partition coefficient (Wildman–Crippen LogP) is 12.1. The Hall–Kier alpha value is -0.800. The van der Waals surface area contributed by atoms with Crippen molar-refractivity contribution >= 4 is 13.8 Å². The molecule has 0 rings (SSSR count). The van der Waals surface area contributed by atoms with Crippen LogP contribution in [0.1, 0.15) is 213 Å². The van der Waals surface area contributed by atoms with Gasteiger partial charge >= 0.3 is 13.8 Å². The van der Waals surface area contributed by atoms with Crippen molar-refractivity contribution in [3.8, 4) is 0 Å². The fourth-order valence-electron chi connectivity index (χ4n) is 6.29. The van der Waals surface area contributed by atoms with Crippen LogP contribution in [-0.2, 0) is 27.9 Å². The molecule has 3 unspecified atom stereocenters. The highest BCUT2D eigenvalue weighted by Gasteiger charge is 2.26. The van der Waals surface area contributed by atoms with Crippen molar-refractivity contribution in [1.29, 1.82) is 0 Å². The lowest BCUT2D eigenvalue weighted by atomic mass is 10.0. The maximum atomic E-state index is 12.6. The van der Waals surface area contributed by atoms with E-state index in [1.54, 1.807) is 0 Å². The molecular weight excluding hydrogens is 691 g/mol. The third kappa shape index (κ3) is 40.7. The number of hydrogen-bond donors (Lipinski definition) is 3. The van der Waals surface area contributed by atoms with Gasteiger partial charge in [-0.05, 0) is 38.5 Å². The maximum absolute atomic E-state index is 12.6. The van der Waals surface area contributed by atoms with Gasteiger partial charge in [0.05, 0.1) is 26.4 Å². The van der Waals surface area contributed by atoms with Crippen LogP contribution in [0.25, 0.3) is 0 Å². The number of ether oxygens (including phenoxy) is 2. The summed E-state index contributed by atoms with van der Waals surface area (Å²) in [4.78, 5) is 22.5. The summed E-state index contributed by atoms with van der Waals surface area (Å²) in [6.45, 7) is 3.53. The third-order valence-corrected chi connectivity index (χ3v) is 10.7. The largest absolute Gasteiger partial charge is 0.472 e. The standard InChI is InChI=1S/C43H85O9P/c1-3-5-7-9-11-13-14-15-16-17-18-19-20-21-22-23-24-25-26-27-29-31-33-35-43(46)52-42(40-51-53(47,48)50-38-41(45)37-44)39-49-36-34-32-30-28-12-10-8-6-4-2/h17-18,41-42,44-45H,3-16,19-40H2,1-2H3,(H,47,48)/b18-17-. The van der Waals surface area contributed by atoms with E-state index in [9.17, 15) is 19.4 Å². The SMILES string of the molecule is CCCCCCCCCC/C=C\CCCCCCCCCCCCCC(=O)OC(COCCCCCCCCCCC)COP(=O)(O)OCC(O)CO. The summed E-state index contributed by atoms with van der Waals surface area (Å²) >= 11 is 0. The van der Waals surface area contributed by atoms with Crippen LogP contribution in [0.2, 0.25) is 0 Å². The summed E-state index contributed by atoms with van der Waals surface area (Å²) in [5.41, 5.74) is 0. The van der Waals surface area contributed by atoms with Crippen LogP contribution in [0.5, 0.6) is 0 Å². The maximum Gasteiger partial charge on any atom is 0.472 e. The number of aliphatic hydroxyl groups is 2. The van der Waals surface area contributed by atoms with Gasteiger partial charge in [0.1, 0.15) is 12.2 Å². The first-order valence-electron chi connectivity index (χ1n) is 22.2. The van der Waals surface area contributed by atoms with E-state index < -0.39 is 33.2 Å². The Balaban J connectivity index is 3.99. The molecule has 0 bridgehead atoms. The molecule has 53 heavy (non-hydrogen) atoms. The topological polar surface area (TPSA) is 132 Å². The molecule has 0 fully saturated rings. The fraction of sp³-hybridized carbons (Fsp3) is 0.930. The highest BCUT2D eigenvalue weighted by Crippen LogP contribution is 2.43. The minimum absolute atomic E-state index is 0.0540. The van der Waals surface area contributed by atoms with E-state index in [4.69, 9.17) is 23.6 Å². The van der Waals surface area contributed by atoms with Crippen LogP contribution in [0.4, 0.5) is 0 Å². The van der Waals surface area contributed by atoms with Crippen molar-refractivity contribution in [1.82, 2.24) is 0 Å². The van der Waals surface area contributed by atoms with Gasteiger partial charge in [-0.2, -0.15) is 0 Å². The average Bonchev–Trinajstić information content (AvgIpc) is 3.15. The zero-order chi connectivity index (χ0) is 38.9. The van der Waals surface area contributed by atoms with Gasteiger partial charge in [0.25, 0.3) is 0 Å². The Morgan fingerprint density at radius 2 is 0.962 bits per heavy atom. The number of aliphatic hydroxyl groups excluding tert-OH is 2. The molecule has 0 amide bonds. The summed E-state index contributed by atoms with van der Waals surface area (Å²) < 4.78 is 33.3. The van der Waals surface area contributed by atoms with Gasteiger partial charge in [-0.1, -0.05) is 180 Å². The van der Waals surface area contributed by atoms with E-state index in [2.05, 4.69) is 26.0 Å². The number of phosphoric acid groups is 1. The number of carbonyl (C=O) groups is 1. The molecule has 316 valence electrons. The molecule has 3 N–H and O–H groups in total. The number of unbranched alkanes of at least 4 members (excludes halogenated alkanes) is 27. The number of phosphoric ester groups is 1. The molecule has 0 aromatic heterocycles. The summed E-state index contributed by atoms with van der Waals surface area (Å²) in [5.74, 6) is -0.381. The molecule has 0 spiro atoms. The smallest absolute Gasteiger partial charge is 0.457 e. The normalized spacial score (nSPS) is 14.1. The lowest BCUT2D eigenvalue weighted by Crippen LogP contribution is -2.29. The zero-order valence-corrected chi connectivity index (χ0v) is 35.4. The fourth-order valence-corrected chi connectivity index (χ4v) is 7.08.